The van der Waals surface area contributed by atoms with Crippen molar-refractivity contribution in [1.82, 2.24) is 20.8 Å². The molecule has 46 heavy (non-hydrogen) atoms. The Morgan fingerprint density at radius 2 is 1.54 bits per heavy atom. The molecular weight excluding hydrogens is 604 g/mol. The third-order valence-corrected chi connectivity index (χ3v) is 8.73. The van der Waals surface area contributed by atoms with Crippen LogP contribution in [0.2, 0.25) is 0 Å². The van der Waals surface area contributed by atoms with Crippen LogP contribution in [0.3, 0.4) is 0 Å². The van der Waals surface area contributed by atoms with Gasteiger partial charge in [-0.25, -0.2) is 15.4 Å². The zero-order valence-electron chi connectivity index (χ0n) is 25.4. The van der Waals surface area contributed by atoms with Gasteiger partial charge in [-0.3, -0.25) is 14.8 Å². The van der Waals surface area contributed by atoms with Crippen LogP contribution < -0.4 is 10.8 Å². The number of thioether (sulfide) groups is 1. The monoisotopic (exact) mass is 642 g/mol. The Morgan fingerprint density at radius 1 is 0.848 bits per heavy atom. The SMILES string of the molecule is O=C(CCCCC(=O)NCc1ccccc1-c1ccc([C@@H]2O[C@H](CSc3ncccn3)C[C@H](c3ccc(CO)cc3)O2)cc1)NO. The summed E-state index contributed by atoms with van der Waals surface area (Å²) in [7, 11) is 0. The topological polar surface area (TPSA) is 143 Å². The normalized spacial score (nSPS) is 17.7. The van der Waals surface area contributed by atoms with Crippen molar-refractivity contribution in [2.24, 2.45) is 0 Å². The lowest BCUT2D eigenvalue weighted by atomic mass is 9.97. The third-order valence-electron chi connectivity index (χ3n) is 7.72. The highest BCUT2D eigenvalue weighted by atomic mass is 32.2. The summed E-state index contributed by atoms with van der Waals surface area (Å²) in [5.41, 5.74) is 7.38. The second-order valence-electron chi connectivity index (χ2n) is 11.0. The molecule has 2 heterocycles. The third kappa shape index (κ3) is 9.44. The predicted molar refractivity (Wildman–Crippen MR) is 173 cm³/mol. The summed E-state index contributed by atoms with van der Waals surface area (Å²) in [6.07, 6.45) is 4.82. The average molecular weight is 643 g/mol. The van der Waals surface area contributed by atoms with Gasteiger partial charge in [-0.1, -0.05) is 84.6 Å². The zero-order valence-corrected chi connectivity index (χ0v) is 26.2. The molecule has 1 saturated heterocycles. The second kappa shape index (κ2) is 17.0. The van der Waals surface area contributed by atoms with Crippen LogP contribution in [0, 0.1) is 0 Å². The summed E-state index contributed by atoms with van der Waals surface area (Å²) in [4.78, 5) is 32.2. The van der Waals surface area contributed by atoms with E-state index in [9.17, 15) is 14.7 Å². The summed E-state index contributed by atoms with van der Waals surface area (Å²) in [6, 6.07) is 25.7. The van der Waals surface area contributed by atoms with Crippen molar-refractivity contribution in [1.29, 1.82) is 0 Å². The van der Waals surface area contributed by atoms with E-state index in [1.54, 1.807) is 35.7 Å². The Bertz CT molecular complexity index is 1560. The number of aromatic nitrogens is 2. The van der Waals surface area contributed by atoms with Crippen molar-refractivity contribution in [3.8, 4) is 11.1 Å². The number of carbonyl (C=O) groups excluding carboxylic acids is 2. The first-order valence-corrected chi connectivity index (χ1v) is 16.3. The van der Waals surface area contributed by atoms with Gasteiger partial charge < -0.3 is 19.9 Å². The molecule has 0 radical (unpaired) electrons. The molecule has 0 saturated carbocycles. The lowest BCUT2D eigenvalue weighted by molar-refractivity contribution is -0.245. The van der Waals surface area contributed by atoms with E-state index < -0.39 is 12.2 Å². The standard InChI is InChI=1S/C35H38N4O6S/c40-22-24-10-12-26(13-11-24)31-20-29(23-46-35-36-18-5-19-37-35)44-34(45-31)27-16-14-25(15-17-27)30-7-2-1-6-28(30)21-38-32(41)8-3-4-9-33(42)39-43/h1-2,5-7,10-19,29,31,34,40,43H,3-4,8-9,20-23H2,(H,38,41)(H,39,42)/t29-,31+,34+/m0/s1. The number of rotatable bonds is 14. The number of hydroxylamine groups is 1. The predicted octanol–water partition coefficient (Wildman–Crippen LogP) is 5.66. The molecule has 1 fully saturated rings. The lowest BCUT2D eigenvalue weighted by Crippen LogP contribution is -2.31. The van der Waals surface area contributed by atoms with Crippen molar-refractivity contribution in [3.63, 3.8) is 0 Å². The van der Waals surface area contributed by atoms with Gasteiger partial charge in [0.25, 0.3) is 0 Å². The molecule has 0 unspecified atom stereocenters. The molecule has 1 aliphatic heterocycles. The minimum absolute atomic E-state index is 0.0108. The zero-order chi connectivity index (χ0) is 32.1. The van der Waals surface area contributed by atoms with Gasteiger partial charge in [0.05, 0.1) is 18.8 Å². The fourth-order valence-electron chi connectivity index (χ4n) is 5.24. The summed E-state index contributed by atoms with van der Waals surface area (Å²) >= 11 is 1.55. The van der Waals surface area contributed by atoms with Gasteiger partial charge in [0, 0.05) is 49.5 Å². The minimum atomic E-state index is -0.578. The Labute approximate surface area is 272 Å². The number of hydrogen-bond donors (Lipinski definition) is 4. The molecule has 0 bridgehead atoms. The highest BCUT2D eigenvalue weighted by molar-refractivity contribution is 7.99. The number of ether oxygens (including phenoxy) is 2. The molecule has 3 atom stereocenters. The van der Waals surface area contributed by atoms with Gasteiger partial charge in [-0.15, -0.1) is 0 Å². The van der Waals surface area contributed by atoms with Crippen LogP contribution in [-0.2, 0) is 32.2 Å². The summed E-state index contributed by atoms with van der Waals surface area (Å²) in [6.45, 7) is 0.368. The van der Waals surface area contributed by atoms with Crippen LogP contribution in [-0.4, -0.2) is 44.0 Å². The van der Waals surface area contributed by atoms with Gasteiger partial charge in [-0.2, -0.15) is 0 Å². The van der Waals surface area contributed by atoms with Crippen LogP contribution in [0.5, 0.6) is 0 Å². The summed E-state index contributed by atoms with van der Waals surface area (Å²) < 4.78 is 13.0. The molecule has 0 spiro atoms. The molecule has 3 aromatic carbocycles. The second-order valence-corrected chi connectivity index (χ2v) is 12.0. The first-order valence-electron chi connectivity index (χ1n) is 15.3. The van der Waals surface area contributed by atoms with Crippen LogP contribution >= 0.6 is 11.8 Å². The van der Waals surface area contributed by atoms with Crippen molar-refractivity contribution >= 4 is 23.6 Å². The van der Waals surface area contributed by atoms with Crippen LogP contribution in [0.1, 0.15) is 66.8 Å². The molecule has 4 aromatic rings. The Hall–Kier alpha value is -4.13. The maximum atomic E-state index is 12.4. The van der Waals surface area contributed by atoms with Crippen molar-refractivity contribution < 1.29 is 29.4 Å². The van der Waals surface area contributed by atoms with E-state index in [0.29, 0.717) is 43.1 Å². The summed E-state index contributed by atoms with van der Waals surface area (Å²) in [5, 5.41) is 21.7. The molecule has 2 amide bonds. The largest absolute Gasteiger partial charge is 0.392 e. The maximum absolute atomic E-state index is 12.4. The fourth-order valence-corrected chi connectivity index (χ4v) is 6.06. The minimum Gasteiger partial charge on any atom is -0.392 e. The van der Waals surface area contributed by atoms with Crippen LogP contribution in [0.15, 0.2) is 96.4 Å². The highest BCUT2D eigenvalue weighted by Crippen LogP contribution is 2.39. The first kappa shape index (κ1) is 33.2. The van der Waals surface area contributed by atoms with E-state index in [1.807, 2.05) is 72.8 Å². The molecule has 240 valence electrons. The molecule has 0 aliphatic carbocycles. The molecule has 4 N–H and O–H groups in total. The van der Waals surface area contributed by atoms with E-state index in [0.717, 1.165) is 33.4 Å². The van der Waals surface area contributed by atoms with Crippen molar-refractivity contribution in [2.45, 2.75) is 68.9 Å². The van der Waals surface area contributed by atoms with E-state index in [2.05, 4.69) is 15.3 Å². The number of aliphatic hydroxyl groups is 1. The highest BCUT2D eigenvalue weighted by Gasteiger charge is 2.32. The van der Waals surface area contributed by atoms with Crippen molar-refractivity contribution in [3.05, 3.63) is 114 Å². The lowest BCUT2D eigenvalue weighted by Gasteiger charge is -2.36. The fraction of sp³-hybridized carbons (Fsp3) is 0.314. The van der Waals surface area contributed by atoms with Gasteiger partial charge in [0.2, 0.25) is 11.8 Å². The van der Waals surface area contributed by atoms with E-state index in [4.69, 9.17) is 14.7 Å². The molecule has 1 aromatic heterocycles. The number of benzene rings is 3. The number of hydrogen-bond acceptors (Lipinski definition) is 9. The quantitative estimate of drug-likeness (QED) is 0.0451. The number of aliphatic hydroxyl groups excluding tert-OH is 1. The molecule has 10 nitrogen and oxygen atoms in total. The Morgan fingerprint density at radius 3 is 2.26 bits per heavy atom. The van der Waals surface area contributed by atoms with Crippen LogP contribution in [0.4, 0.5) is 0 Å². The van der Waals surface area contributed by atoms with Gasteiger partial charge >= 0.3 is 0 Å². The number of carbonyl (C=O) groups is 2. The van der Waals surface area contributed by atoms with Gasteiger partial charge in [0.15, 0.2) is 11.4 Å². The number of amides is 2. The molecule has 11 heteroatoms. The Kier molecular flexibility index (Phi) is 12.3. The number of nitrogens with one attached hydrogen (secondary N) is 2. The first-order chi connectivity index (χ1) is 22.5. The van der Waals surface area contributed by atoms with Crippen LogP contribution in [0.25, 0.3) is 11.1 Å². The maximum Gasteiger partial charge on any atom is 0.243 e. The number of unbranched alkanes of at least 4 members (excludes halogenated alkanes) is 1. The van der Waals surface area contributed by atoms with Gasteiger partial charge in [0.1, 0.15) is 0 Å². The molecular formula is C35H38N4O6S. The van der Waals surface area contributed by atoms with Crippen molar-refractivity contribution in [2.75, 3.05) is 5.75 Å². The molecule has 5 rings (SSSR count). The van der Waals surface area contributed by atoms with E-state index in [-0.39, 0.29) is 31.1 Å². The average Bonchev–Trinajstić information content (AvgIpc) is 3.12. The Balaban J connectivity index is 1.25. The smallest absolute Gasteiger partial charge is 0.243 e. The number of nitrogens with zero attached hydrogens (tertiary/aromatic N) is 2. The van der Waals surface area contributed by atoms with Gasteiger partial charge in [-0.05, 0) is 46.7 Å². The molecule has 1 aliphatic rings. The summed E-state index contributed by atoms with van der Waals surface area (Å²) in [5.74, 6) is 0.130. The van der Waals surface area contributed by atoms with E-state index in [1.165, 1.54) is 0 Å². The van der Waals surface area contributed by atoms with E-state index >= 15 is 0 Å².